The van der Waals surface area contributed by atoms with Crippen LogP contribution >= 0.6 is 35.7 Å². The molecular weight excluding hydrogens is 426 g/mol. The molecule has 1 saturated heterocycles. The third-order valence-electron chi connectivity index (χ3n) is 3.85. The summed E-state index contributed by atoms with van der Waals surface area (Å²) < 4.78 is 11.0. The summed E-state index contributed by atoms with van der Waals surface area (Å²) in [5.41, 5.74) is 1.92. The summed E-state index contributed by atoms with van der Waals surface area (Å²) in [6, 6.07) is 15.5. The van der Waals surface area contributed by atoms with Gasteiger partial charge in [-0.3, -0.25) is 4.79 Å². The minimum Gasteiger partial charge on any atom is -0.482 e. The number of rotatable bonds is 8. The van der Waals surface area contributed by atoms with Crippen LogP contribution < -0.4 is 10.1 Å². The molecule has 1 aliphatic rings. The van der Waals surface area contributed by atoms with Gasteiger partial charge >= 0.3 is 5.97 Å². The van der Waals surface area contributed by atoms with Crippen LogP contribution in [0.1, 0.15) is 18.1 Å². The molecule has 0 atom stereocenters. The highest BCUT2D eigenvalue weighted by Gasteiger charge is 2.22. The zero-order valence-corrected chi connectivity index (χ0v) is 18.1. The van der Waals surface area contributed by atoms with Crippen LogP contribution in [0.25, 0.3) is 6.08 Å². The largest absolute Gasteiger partial charge is 0.482 e. The molecule has 29 heavy (non-hydrogen) atoms. The lowest BCUT2D eigenvalue weighted by molar-refractivity contribution is -0.145. The van der Waals surface area contributed by atoms with Gasteiger partial charge in [-0.05, 0) is 30.7 Å². The molecule has 1 N–H and O–H groups in total. The number of benzene rings is 2. The number of thiocarbonyl (C=S) groups is 1. The van der Waals surface area contributed by atoms with Crippen LogP contribution in [-0.2, 0) is 20.1 Å². The van der Waals surface area contributed by atoms with Crippen molar-refractivity contribution in [3.05, 3.63) is 64.6 Å². The number of hydrogen-bond donors (Lipinski definition) is 1. The average molecular weight is 446 g/mol. The van der Waals surface area contributed by atoms with Crippen molar-refractivity contribution in [2.24, 2.45) is 0 Å². The second-order valence-corrected chi connectivity index (χ2v) is 8.62. The third-order valence-corrected chi connectivity index (χ3v) is 6.16. The predicted molar refractivity (Wildman–Crippen MR) is 121 cm³/mol. The number of thioether (sulfide) groups is 2. The van der Waals surface area contributed by atoms with Crippen LogP contribution in [0.2, 0.25) is 0 Å². The smallest absolute Gasteiger partial charge is 0.344 e. The number of esters is 1. The molecular formula is C21H19NO4S3. The Morgan fingerprint density at radius 2 is 1.97 bits per heavy atom. The summed E-state index contributed by atoms with van der Waals surface area (Å²) in [4.78, 5) is 25.1. The van der Waals surface area contributed by atoms with Gasteiger partial charge in [-0.1, -0.05) is 60.4 Å². The van der Waals surface area contributed by atoms with Gasteiger partial charge < -0.3 is 14.8 Å². The first-order valence-corrected chi connectivity index (χ1v) is 11.1. The van der Waals surface area contributed by atoms with Crippen LogP contribution in [0.3, 0.4) is 0 Å². The summed E-state index contributed by atoms with van der Waals surface area (Å²) in [6.07, 6.45) is 1.85. The Labute approximate surface area is 183 Å². The van der Waals surface area contributed by atoms with Gasteiger partial charge in [-0.2, -0.15) is 0 Å². The Morgan fingerprint density at radius 3 is 2.72 bits per heavy atom. The molecule has 2 aromatic rings. The van der Waals surface area contributed by atoms with E-state index < -0.39 is 5.97 Å². The summed E-state index contributed by atoms with van der Waals surface area (Å²) in [5, 5.41) is 2.63. The monoisotopic (exact) mass is 445 g/mol. The van der Waals surface area contributed by atoms with Gasteiger partial charge in [0.25, 0.3) is 5.91 Å². The minimum absolute atomic E-state index is 0.121. The maximum Gasteiger partial charge on any atom is 0.344 e. The normalized spacial score (nSPS) is 14.7. The summed E-state index contributed by atoms with van der Waals surface area (Å²) in [6.45, 7) is 1.97. The van der Waals surface area contributed by atoms with Gasteiger partial charge in [0.05, 0.1) is 11.5 Å². The maximum atomic E-state index is 11.9. The fourth-order valence-electron chi connectivity index (χ4n) is 2.55. The lowest BCUT2D eigenvalue weighted by Crippen LogP contribution is -2.17. The molecule has 1 fully saturated rings. The van der Waals surface area contributed by atoms with Gasteiger partial charge in [0, 0.05) is 16.2 Å². The number of carbonyl (C=O) groups excluding carboxylic acids is 2. The fraction of sp³-hybridized carbons (Fsp3) is 0.190. The lowest BCUT2D eigenvalue weighted by atomic mass is 10.2. The van der Waals surface area contributed by atoms with Crippen molar-refractivity contribution in [2.75, 3.05) is 13.2 Å². The van der Waals surface area contributed by atoms with E-state index in [0.717, 1.165) is 16.0 Å². The minimum atomic E-state index is -0.391. The van der Waals surface area contributed by atoms with E-state index in [1.165, 1.54) is 11.8 Å². The van der Waals surface area contributed by atoms with Crippen LogP contribution in [0.4, 0.5) is 0 Å². The van der Waals surface area contributed by atoms with Crippen molar-refractivity contribution in [1.82, 2.24) is 5.32 Å². The zero-order valence-electron chi connectivity index (χ0n) is 15.7. The van der Waals surface area contributed by atoms with E-state index >= 15 is 0 Å². The number of nitrogens with one attached hydrogen (secondary N) is 1. The van der Waals surface area contributed by atoms with Crippen LogP contribution in [0.5, 0.6) is 5.75 Å². The average Bonchev–Trinajstić information content (AvgIpc) is 3.03. The molecule has 150 valence electrons. The molecule has 0 unspecified atom stereocenters. The molecule has 0 spiro atoms. The van der Waals surface area contributed by atoms with E-state index in [0.29, 0.717) is 27.3 Å². The standard InChI is InChI=1S/C21H19NO4S3/c1-2-25-19(23)12-26-16-9-5-3-8-15(16)13-28-17-10-6-4-7-14(17)11-18-20(24)22-21(27)29-18/h3-11H,2,12-13H2,1H3,(H,22,24,27). The molecule has 3 rings (SSSR count). The quantitative estimate of drug-likeness (QED) is 0.279. The van der Waals surface area contributed by atoms with Crippen molar-refractivity contribution < 1.29 is 19.1 Å². The van der Waals surface area contributed by atoms with Crippen molar-refractivity contribution in [3.8, 4) is 5.75 Å². The summed E-state index contributed by atoms with van der Waals surface area (Å²) in [5.74, 6) is 0.742. The molecule has 5 nitrogen and oxygen atoms in total. The number of amides is 1. The Balaban J connectivity index is 1.71. The molecule has 0 bridgehead atoms. The van der Waals surface area contributed by atoms with E-state index in [9.17, 15) is 9.59 Å². The molecule has 0 aromatic heterocycles. The first-order chi connectivity index (χ1) is 14.1. The molecule has 8 heteroatoms. The van der Waals surface area contributed by atoms with E-state index in [1.54, 1.807) is 18.7 Å². The molecule has 0 saturated carbocycles. The second-order valence-electron chi connectivity index (χ2n) is 5.88. The highest BCUT2D eigenvalue weighted by Crippen LogP contribution is 2.33. The number of para-hydroxylation sites is 1. The van der Waals surface area contributed by atoms with E-state index in [1.807, 2.05) is 54.6 Å². The first-order valence-electron chi connectivity index (χ1n) is 8.90. The van der Waals surface area contributed by atoms with E-state index in [2.05, 4.69) is 5.32 Å². The highest BCUT2D eigenvalue weighted by molar-refractivity contribution is 8.26. The van der Waals surface area contributed by atoms with Gasteiger partial charge in [0.2, 0.25) is 0 Å². The number of ether oxygens (including phenoxy) is 2. The highest BCUT2D eigenvalue weighted by atomic mass is 32.2. The number of hydrogen-bond acceptors (Lipinski definition) is 7. The van der Waals surface area contributed by atoms with E-state index in [-0.39, 0.29) is 12.5 Å². The predicted octanol–water partition coefficient (Wildman–Crippen LogP) is 4.41. The molecule has 0 radical (unpaired) electrons. The molecule has 1 aliphatic heterocycles. The van der Waals surface area contributed by atoms with E-state index in [4.69, 9.17) is 21.7 Å². The van der Waals surface area contributed by atoms with Crippen molar-refractivity contribution in [2.45, 2.75) is 17.6 Å². The van der Waals surface area contributed by atoms with Crippen LogP contribution in [-0.4, -0.2) is 29.4 Å². The second kappa shape index (κ2) is 10.5. The lowest BCUT2D eigenvalue weighted by Gasteiger charge is -2.12. The van der Waals surface area contributed by atoms with Gasteiger partial charge in [-0.25, -0.2) is 4.79 Å². The van der Waals surface area contributed by atoms with Gasteiger partial charge in [-0.15, -0.1) is 11.8 Å². The topological polar surface area (TPSA) is 64.6 Å². The molecule has 0 aliphatic carbocycles. The summed E-state index contributed by atoms with van der Waals surface area (Å²) in [7, 11) is 0. The van der Waals surface area contributed by atoms with Crippen LogP contribution in [0, 0.1) is 0 Å². The molecule has 1 amide bonds. The van der Waals surface area contributed by atoms with Gasteiger partial charge in [0.15, 0.2) is 6.61 Å². The third kappa shape index (κ3) is 6.09. The maximum absolute atomic E-state index is 11.9. The molecule has 1 heterocycles. The SMILES string of the molecule is CCOC(=O)COc1ccccc1CSc1ccccc1C=C1SC(=S)NC1=O. The Kier molecular flexibility index (Phi) is 7.74. The number of carbonyl (C=O) groups is 2. The Bertz CT molecular complexity index is 958. The Morgan fingerprint density at radius 1 is 1.21 bits per heavy atom. The van der Waals surface area contributed by atoms with Crippen molar-refractivity contribution in [3.63, 3.8) is 0 Å². The first kappa shape index (κ1) is 21.4. The van der Waals surface area contributed by atoms with Gasteiger partial charge in [0.1, 0.15) is 10.1 Å². The zero-order chi connectivity index (χ0) is 20.6. The fourth-order valence-corrected chi connectivity index (χ4v) is 4.61. The summed E-state index contributed by atoms with van der Waals surface area (Å²) >= 11 is 7.95. The van der Waals surface area contributed by atoms with Crippen LogP contribution in [0.15, 0.2) is 58.3 Å². The molecule has 2 aromatic carbocycles. The Hall–Kier alpha value is -2.29. The van der Waals surface area contributed by atoms with Crippen molar-refractivity contribution >= 4 is 58.0 Å². The van der Waals surface area contributed by atoms with Crippen molar-refractivity contribution in [1.29, 1.82) is 0 Å².